The van der Waals surface area contributed by atoms with Crippen LogP contribution in [-0.2, 0) is 19.6 Å². The van der Waals surface area contributed by atoms with E-state index in [0.29, 0.717) is 30.8 Å². The topological polar surface area (TPSA) is 63.5 Å². The molecule has 33 heavy (non-hydrogen) atoms. The number of fused-ring (bicyclic) bond motifs is 1. The van der Waals surface area contributed by atoms with Crippen LogP contribution in [-0.4, -0.2) is 22.2 Å². The smallest absolute Gasteiger partial charge is 0.352 e. The Kier molecular flexibility index (Phi) is 6.75. The lowest BCUT2D eigenvalue weighted by Crippen LogP contribution is -2.18. The molecule has 4 rings (SSSR count). The monoisotopic (exact) mass is 446 g/mol. The lowest BCUT2D eigenvalue weighted by Gasteiger charge is -2.12. The summed E-state index contributed by atoms with van der Waals surface area (Å²) in [6.07, 6.45) is 0. The largest absolute Gasteiger partial charge is 0.494 e. The summed E-state index contributed by atoms with van der Waals surface area (Å²) in [6.45, 7) is 5.50. The molecule has 0 saturated heterocycles. The van der Waals surface area contributed by atoms with Crippen LogP contribution in [0.1, 0.15) is 39.7 Å². The number of rotatable bonds is 9. The van der Waals surface area contributed by atoms with Crippen LogP contribution in [0.5, 0.6) is 5.75 Å². The van der Waals surface area contributed by atoms with Crippen molar-refractivity contribution in [2.24, 2.45) is 0 Å². The Morgan fingerprint density at radius 3 is 2.48 bits per heavy atom. The van der Waals surface area contributed by atoms with Crippen molar-refractivity contribution in [2.75, 3.05) is 6.61 Å². The van der Waals surface area contributed by atoms with Gasteiger partial charge in [0, 0.05) is 40.7 Å². The lowest BCUT2D eigenvalue weighted by molar-refractivity contribution is 0.0684. The Morgan fingerprint density at radius 2 is 1.76 bits per heavy atom. The average molecular weight is 447 g/mol. The first-order valence-corrected chi connectivity index (χ1v) is 11.0. The highest BCUT2D eigenvalue weighted by molar-refractivity contribution is 5.98. The highest BCUT2D eigenvalue weighted by Crippen LogP contribution is 2.29. The van der Waals surface area contributed by atoms with Crippen LogP contribution >= 0.6 is 0 Å². The maximum absolute atomic E-state index is 14.4. The molecule has 0 aliphatic heterocycles. The second-order valence-corrected chi connectivity index (χ2v) is 7.97. The van der Waals surface area contributed by atoms with E-state index in [0.717, 1.165) is 27.8 Å². The molecule has 4 aromatic rings. The van der Waals surface area contributed by atoms with Crippen LogP contribution in [0, 0.1) is 12.7 Å². The fraction of sp³-hybridized carbons (Fsp3) is 0.222. The minimum Gasteiger partial charge on any atom is -0.494 e. The Balaban J connectivity index is 1.71. The van der Waals surface area contributed by atoms with Gasteiger partial charge < -0.3 is 19.7 Å². The molecule has 0 fully saturated rings. The van der Waals surface area contributed by atoms with E-state index in [-0.39, 0.29) is 18.1 Å². The Hall–Kier alpha value is -3.64. The summed E-state index contributed by atoms with van der Waals surface area (Å²) >= 11 is 0. The van der Waals surface area contributed by atoms with E-state index in [9.17, 15) is 14.3 Å². The van der Waals surface area contributed by atoms with Gasteiger partial charge in [0.15, 0.2) is 0 Å². The standard InChI is InChI=1S/C27H27FN2O3/c1-3-33-25-11-7-5-8-19(25)15-29-16-22-21-13-12-18(2)14-24(21)30(26(22)27(31)32)17-20-9-4-6-10-23(20)28/h4-14,29H,3,15-17H2,1-2H3,(H,31,32). The molecule has 170 valence electrons. The fourth-order valence-electron chi connectivity index (χ4n) is 4.18. The molecule has 1 aromatic heterocycles. The van der Waals surface area contributed by atoms with Gasteiger partial charge in [-0.25, -0.2) is 9.18 Å². The predicted octanol–water partition coefficient (Wildman–Crippen LogP) is 5.52. The number of aromatic carboxylic acids is 1. The number of para-hydroxylation sites is 1. The minimum absolute atomic E-state index is 0.140. The quantitative estimate of drug-likeness (QED) is 0.355. The first-order valence-electron chi connectivity index (χ1n) is 11.0. The summed E-state index contributed by atoms with van der Waals surface area (Å²) in [5, 5.41) is 14.4. The number of aryl methyl sites for hydroxylation is 1. The number of hydrogen-bond donors (Lipinski definition) is 2. The summed E-state index contributed by atoms with van der Waals surface area (Å²) in [6, 6.07) is 20.1. The number of nitrogens with zero attached hydrogens (tertiary/aromatic N) is 1. The second-order valence-electron chi connectivity index (χ2n) is 7.97. The summed E-state index contributed by atoms with van der Waals surface area (Å²) in [5.41, 5.74) is 4.09. The normalized spacial score (nSPS) is 11.1. The summed E-state index contributed by atoms with van der Waals surface area (Å²) in [4.78, 5) is 12.4. The van der Waals surface area contributed by atoms with E-state index in [1.807, 2.05) is 56.3 Å². The van der Waals surface area contributed by atoms with E-state index in [1.54, 1.807) is 22.8 Å². The molecule has 0 atom stereocenters. The van der Waals surface area contributed by atoms with Crippen molar-refractivity contribution in [3.8, 4) is 5.75 Å². The van der Waals surface area contributed by atoms with Crippen molar-refractivity contribution in [1.29, 1.82) is 0 Å². The van der Waals surface area contributed by atoms with Gasteiger partial charge in [-0.2, -0.15) is 0 Å². The third-order valence-electron chi connectivity index (χ3n) is 5.70. The minimum atomic E-state index is -1.04. The van der Waals surface area contributed by atoms with Gasteiger partial charge in [-0.15, -0.1) is 0 Å². The van der Waals surface area contributed by atoms with Gasteiger partial charge in [-0.05, 0) is 37.6 Å². The van der Waals surface area contributed by atoms with Crippen molar-refractivity contribution >= 4 is 16.9 Å². The van der Waals surface area contributed by atoms with Gasteiger partial charge in [0.05, 0.1) is 13.2 Å². The summed E-state index contributed by atoms with van der Waals surface area (Å²) in [7, 11) is 0. The summed E-state index contributed by atoms with van der Waals surface area (Å²) < 4.78 is 21.8. The van der Waals surface area contributed by atoms with Crippen molar-refractivity contribution in [1.82, 2.24) is 9.88 Å². The van der Waals surface area contributed by atoms with Crippen LogP contribution in [0.4, 0.5) is 4.39 Å². The highest BCUT2D eigenvalue weighted by Gasteiger charge is 2.23. The average Bonchev–Trinajstić information content (AvgIpc) is 3.09. The number of benzene rings is 3. The van der Waals surface area contributed by atoms with Crippen molar-refractivity contribution in [3.05, 3.63) is 100 Å². The van der Waals surface area contributed by atoms with Crippen LogP contribution in [0.2, 0.25) is 0 Å². The molecule has 2 N–H and O–H groups in total. The number of ether oxygens (including phenoxy) is 1. The molecular weight excluding hydrogens is 419 g/mol. The molecule has 0 bridgehead atoms. The summed E-state index contributed by atoms with van der Waals surface area (Å²) in [5.74, 6) is -0.578. The Bertz CT molecular complexity index is 1300. The molecule has 0 amide bonds. The third kappa shape index (κ3) is 4.76. The Morgan fingerprint density at radius 1 is 1.03 bits per heavy atom. The number of carboxylic acids is 1. The van der Waals surface area contributed by atoms with E-state index in [2.05, 4.69) is 5.32 Å². The zero-order chi connectivity index (χ0) is 23.4. The molecule has 1 heterocycles. The molecule has 0 radical (unpaired) electrons. The van der Waals surface area contributed by atoms with Crippen molar-refractivity contribution in [2.45, 2.75) is 33.5 Å². The Labute approximate surface area is 192 Å². The van der Waals surface area contributed by atoms with Gasteiger partial charge in [0.2, 0.25) is 0 Å². The molecule has 0 saturated carbocycles. The zero-order valence-corrected chi connectivity index (χ0v) is 18.8. The molecule has 0 spiro atoms. The van der Waals surface area contributed by atoms with Crippen molar-refractivity contribution < 1.29 is 19.0 Å². The molecule has 5 nitrogen and oxygen atoms in total. The van der Waals surface area contributed by atoms with Crippen LogP contribution in [0.3, 0.4) is 0 Å². The van der Waals surface area contributed by atoms with E-state index in [4.69, 9.17) is 4.74 Å². The number of carbonyl (C=O) groups is 1. The van der Waals surface area contributed by atoms with Gasteiger partial charge in [-0.3, -0.25) is 0 Å². The van der Waals surface area contributed by atoms with Gasteiger partial charge >= 0.3 is 5.97 Å². The number of nitrogens with one attached hydrogen (secondary N) is 1. The number of aromatic nitrogens is 1. The third-order valence-corrected chi connectivity index (χ3v) is 5.70. The zero-order valence-electron chi connectivity index (χ0n) is 18.8. The molecule has 3 aromatic carbocycles. The SMILES string of the molecule is CCOc1ccccc1CNCc1c(C(=O)O)n(Cc2ccccc2F)c2cc(C)ccc12. The fourth-order valence-corrected chi connectivity index (χ4v) is 4.18. The second kappa shape index (κ2) is 9.88. The first-order chi connectivity index (χ1) is 16.0. The molecular formula is C27H27FN2O3. The van der Waals surface area contributed by atoms with Crippen LogP contribution in [0.15, 0.2) is 66.7 Å². The van der Waals surface area contributed by atoms with Crippen LogP contribution < -0.4 is 10.1 Å². The molecule has 0 aliphatic carbocycles. The molecule has 6 heteroatoms. The highest BCUT2D eigenvalue weighted by atomic mass is 19.1. The van der Waals surface area contributed by atoms with Gasteiger partial charge in [-0.1, -0.05) is 48.5 Å². The number of halogens is 1. The van der Waals surface area contributed by atoms with Gasteiger partial charge in [0.1, 0.15) is 17.3 Å². The predicted molar refractivity (Wildman–Crippen MR) is 127 cm³/mol. The maximum atomic E-state index is 14.4. The van der Waals surface area contributed by atoms with Crippen molar-refractivity contribution in [3.63, 3.8) is 0 Å². The number of carboxylic acid groups (broad SMARTS) is 1. The molecule has 0 unspecified atom stereocenters. The van der Waals surface area contributed by atoms with E-state index >= 15 is 0 Å². The van der Waals surface area contributed by atoms with Gasteiger partial charge in [0.25, 0.3) is 0 Å². The lowest BCUT2D eigenvalue weighted by atomic mass is 10.1. The molecule has 0 aliphatic rings. The maximum Gasteiger partial charge on any atom is 0.352 e. The van der Waals surface area contributed by atoms with E-state index < -0.39 is 5.97 Å². The van der Waals surface area contributed by atoms with Crippen LogP contribution in [0.25, 0.3) is 10.9 Å². The first kappa shape index (κ1) is 22.6. The van der Waals surface area contributed by atoms with E-state index in [1.165, 1.54) is 6.07 Å². The number of hydrogen-bond acceptors (Lipinski definition) is 3.